The third kappa shape index (κ3) is 4.13. The molecule has 1 unspecified atom stereocenters. The van der Waals surface area contributed by atoms with Crippen LogP contribution in [0.5, 0.6) is 0 Å². The first-order valence-corrected chi connectivity index (χ1v) is 8.48. The van der Waals surface area contributed by atoms with E-state index in [0.717, 1.165) is 24.3 Å². The van der Waals surface area contributed by atoms with Crippen molar-refractivity contribution in [1.29, 1.82) is 0 Å². The van der Waals surface area contributed by atoms with Crippen molar-refractivity contribution >= 4 is 23.2 Å². The lowest BCUT2D eigenvalue weighted by Crippen LogP contribution is -2.27. The number of rotatable bonds is 5. The summed E-state index contributed by atoms with van der Waals surface area (Å²) in [7, 11) is 0. The molecule has 0 aromatic heterocycles. The molecule has 0 amide bonds. The van der Waals surface area contributed by atoms with Crippen LogP contribution < -0.4 is 0 Å². The van der Waals surface area contributed by atoms with E-state index in [2.05, 4.69) is 6.92 Å². The second-order valence-electron chi connectivity index (χ2n) is 6.04. The zero-order valence-electron chi connectivity index (χ0n) is 12.1. The maximum atomic E-state index is 10.5. The number of hydrogen-bond acceptors (Lipinski definition) is 1. The second kappa shape index (κ2) is 7.68. The first-order chi connectivity index (χ1) is 9.61. The average molecular weight is 315 g/mol. The standard InChI is InChI=1S/C17H24Cl2O/c1-2-4-12-7-9-13(10-8-12)17(20)11-14-15(18)5-3-6-16(14)19/h3,5-6,12-13,17,20H,2,4,7-11H2,1H3. The zero-order chi connectivity index (χ0) is 14.5. The molecule has 1 nitrogen and oxygen atoms in total. The van der Waals surface area contributed by atoms with E-state index in [0.29, 0.717) is 22.4 Å². The van der Waals surface area contributed by atoms with Crippen LogP contribution in [0.25, 0.3) is 0 Å². The molecular formula is C17H24Cl2O. The highest BCUT2D eigenvalue weighted by atomic mass is 35.5. The lowest BCUT2D eigenvalue weighted by molar-refractivity contribution is 0.0728. The van der Waals surface area contributed by atoms with Crippen LogP contribution in [0, 0.1) is 11.8 Å². The molecule has 2 rings (SSSR count). The summed E-state index contributed by atoms with van der Waals surface area (Å²) in [6.45, 7) is 2.25. The van der Waals surface area contributed by atoms with E-state index in [1.807, 2.05) is 18.2 Å². The Bertz CT molecular complexity index is 405. The summed E-state index contributed by atoms with van der Waals surface area (Å²) in [6, 6.07) is 5.53. The summed E-state index contributed by atoms with van der Waals surface area (Å²) in [6.07, 6.45) is 7.63. The largest absolute Gasteiger partial charge is 0.392 e. The van der Waals surface area contributed by atoms with E-state index in [9.17, 15) is 5.11 Å². The van der Waals surface area contributed by atoms with Crippen molar-refractivity contribution in [1.82, 2.24) is 0 Å². The Morgan fingerprint density at radius 1 is 1.15 bits per heavy atom. The van der Waals surface area contributed by atoms with Crippen molar-refractivity contribution in [2.45, 2.75) is 58.0 Å². The second-order valence-corrected chi connectivity index (χ2v) is 6.86. The van der Waals surface area contributed by atoms with Gasteiger partial charge in [-0.25, -0.2) is 0 Å². The van der Waals surface area contributed by atoms with Gasteiger partial charge in [0.2, 0.25) is 0 Å². The minimum Gasteiger partial charge on any atom is -0.392 e. The van der Waals surface area contributed by atoms with Crippen LogP contribution in [0.15, 0.2) is 18.2 Å². The Balaban J connectivity index is 1.91. The van der Waals surface area contributed by atoms with E-state index in [1.54, 1.807) is 0 Å². The van der Waals surface area contributed by atoms with Crippen LogP contribution >= 0.6 is 23.2 Å². The fraction of sp³-hybridized carbons (Fsp3) is 0.647. The predicted octanol–water partition coefficient (Wildman–Crippen LogP) is 5.50. The van der Waals surface area contributed by atoms with Gasteiger partial charge in [-0.15, -0.1) is 0 Å². The van der Waals surface area contributed by atoms with Gasteiger partial charge in [-0.2, -0.15) is 0 Å². The van der Waals surface area contributed by atoms with Gasteiger partial charge < -0.3 is 5.11 Å². The first kappa shape index (κ1) is 16.1. The number of hydrogen-bond donors (Lipinski definition) is 1. The van der Waals surface area contributed by atoms with Crippen LogP contribution in [0.3, 0.4) is 0 Å². The molecule has 1 atom stereocenters. The number of aliphatic hydroxyl groups is 1. The summed E-state index contributed by atoms with van der Waals surface area (Å²) in [5.41, 5.74) is 0.888. The van der Waals surface area contributed by atoms with Crippen LogP contribution in [0.1, 0.15) is 51.0 Å². The minimum atomic E-state index is -0.324. The lowest BCUT2D eigenvalue weighted by Gasteiger charge is -2.31. The van der Waals surface area contributed by atoms with Gasteiger partial charge in [0.25, 0.3) is 0 Å². The summed E-state index contributed by atoms with van der Waals surface area (Å²) < 4.78 is 0. The third-order valence-corrected chi connectivity index (χ3v) is 5.32. The van der Waals surface area contributed by atoms with E-state index >= 15 is 0 Å². The Kier molecular flexibility index (Phi) is 6.20. The normalized spacial score (nSPS) is 24.6. The highest BCUT2D eigenvalue weighted by Gasteiger charge is 2.27. The molecule has 0 bridgehead atoms. The molecule has 0 spiro atoms. The van der Waals surface area contributed by atoms with Crippen molar-refractivity contribution in [2.24, 2.45) is 11.8 Å². The Morgan fingerprint density at radius 3 is 2.30 bits per heavy atom. The number of benzene rings is 1. The van der Waals surface area contributed by atoms with Crippen molar-refractivity contribution < 1.29 is 5.11 Å². The molecule has 1 aromatic rings. The fourth-order valence-electron chi connectivity index (χ4n) is 3.37. The van der Waals surface area contributed by atoms with Crippen LogP contribution in [0.4, 0.5) is 0 Å². The van der Waals surface area contributed by atoms with E-state index in [-0.39, 0.29) is 6.10 Å². The van der Waals surface area contributed by atoms with Gasteiger partial charge in [0, 0.05) is 16.5 Å². The van der Waals surface area contributed by atoms with Crippen molar-refractivity contribution in [3.63, 3.8) is 0 Å². The summed E-state index contributed by atoms with van der Waals surface area (Å²) in [5, 5.41) is 11.8. The monoisotopic (exact) mass is 314 g/mol. The molecule has 0 saturated heterocycles. The molecule has 1 fully saturated rings. The molecule has 0 aliphatic heterocycles. The third-order valence-electron chi connectivity index (χ3n) is 4.61. The highest BCUT2D eigenvalue weighted by Crippen LogP contribution is 2.35. The maximum absolute atomic E-state index is 10.5. The molecular weight excluding hydrogens is 291 g/mol. The summed E-state index contributed by atoms with van der Waals surface area (Å²) in [5.74, 6) is 1.27. The minimum absolute atomic E-state index is 0.324. The highest BCUT2D eigenvalue weighted by molar-refractivity contribution is 6.35. The van der Waals surface area contributed by atoms with E-state index < -0.39 is 0 Å². The number of halogens is 2. The molecule has 0 heterocycles. The Labute approximate surface area is 132 Å². The molecule has 20 heavy (non-hydrogen) atoms. The van der Waals surface area contributed by atoms with Crippen molar-refractivity contribution in [3.05, 3.63) is 33.8 Å². The number of aliphatic hydroxyl groups excluding tert-OH is 1. The Morgan fingerprint density at radius 2 is 1.75 bits per heavy atom. The molecule has 1 N–H and O–H groups in total. The van der Waals surface area contributed by atoms with Gasteiger partial charge in [0.15, 0.2) is 0 Å². The predicted molar refractivity (Wildman–Crippen MR) is 86.5 cm³/mol. The molecule has 1 aliphatic carbocycles. The average Bonchev–Trinajstić information content (AvgIpc) is 2.44. The van der Waals surface area contributed by atoms with Crippen molar-refractivity contribution in [2.75, 3.05) is 0 Å². The Hall–Kier alpha value is -0.240. The van der Waals surface area contributed by atoms with E-state index in [1.165, 1.54) is 25.7 Å². The molecule has 1 saturated carbocycles. The van der Waals surface area contributed by atoms with Gasteiger partial charge >= 0.3 is 0 Å². The van der Waals surface area contributed by atoms with Crippen LogP contribution in [0.2, 0.25) is 10.0 Å². The fourth-order valence-corrected chi connectivity index (χ4v) is 3.92. The van der Waals surface area contributed by atoms with E-state index in [4.69, 9.17) is 23.2 Å². The van der Waals surface area contributed by atoms with Gasteiger partial charge in [-0.3, -0.25) is 0 Å². The zero-order valence-corrected chi connectivity index (χ0v) is 13.6. The molecule has 1 aliphatic rings. The summed E-state index contributed by atoms with van der Waals surface area (Å²) in [4.78, 5) is 0. The van der Waals surface area contributed by atoms with Crippen LogP contribution in [-0.4, -0.2) is 11.2 Å². The molecule has 0 radical (unpaired) electrons. The van der Waals surface area contributed by atoms with Gasteiger partial charge in [0.05, 0.1) is 6.10 Å². The lowest BCUT2D eigenvalue weighted by atomic mass is 9.77. The maximum Gasteiger partial charge on any atom is 0.0609 e. The summed E-state index contributed by atoms with van der Waals surface area (Å²) >= 11 is 12.4. The van der Waals surface area contributed by atoms with Gasteiger partial charge in [0.1, 0.15) is 0 Å². The topological polar surface area (TPSA) is 20.2 Å². The molecule has 1 aromatic carbocycles. The molecule has 3 heteroatoms. The van der Waals surface area contributed by atoms with Gasteiger partial charge in [-0.05, 0) is 42.4 Å². The SMILES string of the molecule is CCCC1CCC(C(O)Cc2c(Cl)cccc2Cl)CC1. The first-order valence-electron chi connectivity index (χ1n) is 7.72. The molecule has 112 valence electrons. The van der Waals surface area contributed by atoms with Gasteiger partial charge in [-0.1, -0.05) is 61.9 Å². The van der Waals surface area contributed by atoms with Crippen molar-refractivity contribution in [3.8, 4) is 0 Å². The quantitative estimate of drug-likeness (QED) is 0.760. The smallest absolute Gasteiger partial charge is 0.0609 e. The van der Waals surface area contributed by atoms with Crippen LogP contribution in [-0.2, 0) is 6.42 Å².